The van der Waals surface area contributed by atoms with Crippen LogP contribution >= 0.6 is 38.6 Å². The first kappa shape index (κ1) is 11.4. The van der Waals surface area contributed by atoms with E-state index in [-0.39, 0.29) is 0 Å². The second-order valence-electron chi connectivity index (χ2n) is 3.77. The van der Waals surface area contributed by atoms with Crippen molar-refractivity contribution in [3.8, 4) is 0 Å². The average Bonchev–Trinajstić information content (AvgIpc) is 2.95. The third-order valence-corrected chi connectivity index (χ3v) is 5.21. The minimum atomic E-state index is -0.542. The summed E-state index contributed by atoms with van der Waals surface area (Å²) in [6, 6.07) is 10.1. The molecular formula is C13H9BrOS2. The Morgan fingerprint density at radius 3 is 2.82 bits per heavy atom. The van der Waals surface area contributed by atoms with Gasteiger partial charge in [0.2, 0.25) is 0 Å². The molecule has 86 valence electrons. The Morgan fingerprint density at radius 2 is 2.06 bits per heavy atom. The first-order valence-corrected chi connectivity index (χ1v) is 7.69. The largest absolute Gasteiger partial charge is 0.384 e. The molecule has 0 spiro atoms. The molecule has 3 aromatic rings. The van der Waals surface area contributed by atoms with E-state index in [9.17, 15) is 5.11 Å². The Hall–Kier alpha value is -0.680. The van der Waals surface area contributed by atoms with E-state index < -0.39 is 6.10 Å². The van der Waals surface area contributed by atoms with Crippen LogP contribution in [0.15, 0.2) is 44.9 Å². The lowest BCUT2D eigenvalue weighted by molar-refractivity contribution is 0.222. The summed E-state index contributed by atoms with van der Waals surface area (Å²) < 4.78 is 2.22. The zero-order valence-corrected chi connectivity index (χ0v) is 12.0. The molecule has 0 aliphatic carbocycles. The summed E-state index contributed by atoms with van der Waals surface area (Å²) in [5.74, 6) is 0. The molecule has 0 radical (unpaired) electrons. The predicted octanol–water partition coefficient (Wildman–Crippen LogP) is 4.81. The fraction of sp³-hybridized carbons (Fsp3) is 0.0769. The van der Waals surface area contributed by atoms with Gasteiger partial charge in [0.15, 0.2) is 0 Å². The lowest BCUT2D eigenvalue weighted by Gasteiger charge is -2.10. The van der Waals surface area contributed by atoms with Crippen LogP contribution in [0.5, 0.6) is 0 Å². The molecule has 0 bridgehead atoms. The molecular weight excluding hydrogens is 316 g/mol. The van der Waals surface area contributed by atoms with Gasteiger partial charge in [0.1, 0.15) is 6.10 Å². The van der Waals surface area contributed by atoms with E-state index in [1.54, 1.807) is 22.7 Å². The Kier molecular flexibility index (Phi) is 3.04. The highest BCUT2D eigenvalue weighted by Crippen LogP contribution is 2.34. The maximum absolute atomic E-state index is 10.4. The number of halogens is 1. The maximum Gasteiger partial charge on any atom is 0.106 e. The summed E-state index contributed by atoms with van der Waals surface area (Å²) in [6.45, 7) is 0. The molecule has 3 rings (SSSR count). The Balaban J connectivity index is 2.12. The van der Waals surface area contributed by atoms with Crippen molar-refractivity contribution in [3.05, 3.63) is 56.0 Å². The monoisotopic (exact) mass is 324 g/mol. The van der Waals surface area contributed by atoms with Gasteiger partial charge in [-0.25, -0.2) is 0 Å². The highest BCUT2D eigenvalue weighted by Gasteiger charge is 2.15. The summed E-state index contributed by atoms with van der Waals surface area (Å²) in [4.78, 5) is 0. The standard InChI is InChI=1S/C13H9BrOS2/c14-11-6-9(7-17-11)12(15)10-3-1-2-8-4-5-16-13(8)10/h1-7,12,15H. The molecule has 1 aromatic carbocycles. The molecule has 1 atom stereocenters. The van der Waals surface area contributed by atoms with Gasteiger partial charge in [-0.05, 0) is 49.8 Å². The van der Waals surface area contributed by atoms with Crippen molar-refractivity contribution in [1.29, 1.82) is 0 Å². The van der Waals surface area contributed by atoms with Crippen molar-refractivity contribution in [2.75, 3.05) is 0 Å². The van der Waals surface area contributed by atoms with Crippen molar-refractivity contribution in [2.24, 2.45) is 0 Å². The summed E-state index contributed by atoms with van der Waals surface area (Å²) in [6.07, 6.45) is -0.542. The number of rotatable bonds is 2. The third kappa shape index (κ3) is 2.06. The summed E-state index contributed by atoms with van der Waals surface area (Å²) >= 11 is 6.70. The van der Waals surface area contributed by atoms with Gasteiger partial charge in [0.05, 0.1) is 3.79 Å². The van der Waals surface area contributed by atoms with E-state index in [4.69, 9.17) is 0 Å². The van der Waals surface area contributed by atoms with Crippen LogP contribution in [0.1, 0.15) is 17.2 Å². The van der Waals surface area contributed by atoms with Crippen LogP contribution in [0.25, 0.3) is 10.1 Å². The molecule has 0 aliphatic heterocycles. The molecule has 17 heavy (non-hydrogen) atoms. The number of aliphatic hydroxyl groups excluding tert-OH is 1. The number of benzene rings is 1. The predicted molar refractivity (Wildman–Crippen MR) is 77.9 cm³/mol. The van der Waals surface area contributed by atoms with Gasteiger partial charge in [-0.15, -0.1) is 22.7 Å². The Bertz CT molecular complexity index is 656. The molecule has 0 saturated carbocycles. The smallest absolute Gasteiger partial charge is 0.106 e. The number of fused-ring (bicyclic) bond motifs is 1. The molecule has 1 unspecified atom stereocenters. The lowest BCUT2D eigenvalue weighted by atomic mass is 10.0. The molecule has 1 N–H and O–H groups in total. The fourth-order valence-corrected chi connectivity index (χ4v) is 4.01. The van der Waals surface area contributed by atoms with Crippen LogP contribution < -0.4 is 0 Å². The highest BCUT2D eigenvalue weighted by atomic mass is 79.9. The van der Waals surface area contributed by atoms with Crippen molar-refractivity contribution < 1.29 is 5.11 Å². The summed E-state index contributed by atoms with van der Waals surface area (Å²) in [7, 11) is 0. The van der Waals surface area contributed by atoms with Crippen molar-refractivity contribution in [2.45, 2.75) is 6.10 Å². The fourth-order valence-electron chi connectivity index (χ4n) is 1.88. The van der Waals surface area contributed by atoms with E-state index in [1.807, 2.05) is 23.6 Å². The minimum Gasteiger partial charge on any atom is -0.384 e. The van der Waals surface area contributed by atoms with Gasteiger partial charge >= 0.3 is 0 Å². The lowest BCUT2D eigenvalue weighted by Crippen LogP contribution is -1.97. The van der Waals surface area contributed by atoms with E-state index >= 15 is 0 Å². The summed E-state index contributed by atoms with van der Waals surface area (Å²) in [5.41, 5.74) is 1.94. The SMILES string of the molecule is OC(c1csc(Br)c1)c1cccc2ccsc12. The van der Waals surface area contributed by atoms with E-state index in [1.165, 1.54) is 10.1 Å². The van der Waals surface area contributed by atoms with Gasteiger partial charge in [-0.2, -0.15) is 0 Å². The first-order valence-electron chi connectivity index (χ1n) is 5.14. The van der Waals surface area contributed by atoms with Gasteiger partial charge in [0.25, 0.3) is 0 Å². The molecule has 0 amide bonds. The van der Waals surface area contributed by atoms with Crippen molar-refractivity contribution in [1.82, 2.24) is 0 Å². The van der Waals surface area contributed by atoms with Crippen LogP contribution in [0.2, 0.25) is 0 Å². The van der Waals surface area contributed by atoms with E-state index in [2.05, 4.69) is 33.4 Å². The maximum atomic E-state index is 10.4. The Labute approximate surface area is 115 Å². The first-order chi connectivity index (χ1) is 8.25. The second-order valence-corrected chi connectivity index (χ2v) is 6.98. The quantitative estimate of drug-likeness (QED) is 0.717. The molecule has 1 nitrogen and oxygen atoms in total. The van der Waals surface area contributed by atoms with E-state index in [0.717, 1.165) is 14.9 Å². The molecule has 2 aromatic heterocycles. The number of thiophene rings is 2. The van der Waals surface area contributed by atoms with E-state index in [0.29, 0.717) is 0 Å². The van der Waals surface area contributed by atoms with Gasteiger partial charge in [-0.3, -0.25) is 0 Å². The van der Waals surface area contributed by atoms with Crippen molar-refractivity contribution >= 4 is 48.7 Å². The zero-order chi connectivity index (χ0) is 11.8. The average molecular weight is 325 g/mol. The minimum absolute atomic E-state index is 0.542. The highest BCUT2D eigenvalue weighted by molar-refractivity contribution is 9.11. The zero-order valence-electron chi connectivity index (χ0n) is 8.76. The third-order valence-electron chi connectivity index (χ3n) is 2.71. The molecule has 0 aliphatic rings. The second kappa shape index (κ2) is 4.53. The van der Waals surface area contributed by atoms with Gasteiger partial charge in [-0.1, -0.05) is 18.2 Å². The molecule has 2 heterocycles. The molecule has 0 saturated heterocycles. The number of hydrogen-bond acceptors (Lipinski definition) is 3. The molecule has 0 fully saturated rings. The van der Waals surface area contributed by atoms with Crippen LogP contribution in [-0.2, 0) is 0 Å². The van der Waals surface area contributed by atoms with Crippen LogP contribution in [0, 0.1) is 0 Å². The van der Waals surface area contributed by atoms with Gasteiger partial charge in [0, 0.05) is 10.3 Å². The number of hydrogen-bond donors (Lipinski definition) is 1. The summed E-state index contributed by atoms with van der Waals surface area (Å²) in [5, 5.41) is 15.7. The van der Waals surface area contributed by atoms with Crippen LogP contribution in [0.3, 0.4) is 0 Å². The Morgan fingerprint density at radius 1 is 1.18 bits per heavy atom. The topological polar surface area (TPSA) is 20.2 Å². The van der Waals surface area contributed by atoms with Crippen LogP contribution in [0.4, 0.5) is 0 Å². The van der Waals surface area contributed by atoms with Crippen LogP contribution in [-0.4, -0.2) is 5.11 Å². The normalized spacial score (nSPS) is 13.1. The molecule has 4 heteroatoms. The van der Waals surface area contributed by atoms with Crippen molar-refractivity contribution in [3.63, 3.8) is 0 Å². The number of aliphatic hydroxyl groups is 1. The van der Waals surface area contributed by atoms with Gasteiger partial charge < -0.3 is 5.11 Å².